The van der Waals surface area contributed by atoms with E-state index in [0.717, 1.165) is 6.61 Å². The molecular formula is C12H18OSi. The summed E-state index contributed by atoms with van der Waals surface area (Å²) in [4.78, 5) is 0. The second-order valence-corrected chi connectivity index (χ2v) is 6.74. The first-order valence-corrected chi connectivity index (χ1v) is 7.71. The molecule has 0 bridgehead atoms. The van der Waals surface area contributed by atoms with E-state index < -0.39 is 9.04 Å². The van der Waals surface area contributed by atoms with Crippen molar-refractivity contribution < 1.29 is 4.43 Å². The van der Waals surface area contributed by atoms with E-state index in [-0.39, 0.29) is 0 Å². The van der Waals surface area contributed by atoms with Gasteiger partial charge in [0.2, 0.25) is 0 Å². The lowest BCUT2D eigenvalue weighted by Crippen LogP contribution is -2.23. The number of hydrogen-bond donors (Lipinski definition) is 0. The Labute approximate surface area is 87.8 Å². The van der Waals surface area contributed by atoms with Gasteiger partial charge >= 0.3 is 0 Å². The molecule has 1 atom stereocenters. The largest absolute Gasteiger partial charge is 0.420 e. The number of rotatable bonds is 3. The molecule has 0 aromatic heterocycles. The van der Waals surface area contributed by atoms with Gasteiger partial charge in [0.25, 0.3) is 0 Å². The molecule has 0 N–H and O–H groups in total. The van der Waals surface area contributed by atoms with E-state index in [9.17, 15) is 0 Å². The topological polar surface area (TPSA) is 9.23 Å². The van der Waals surface area contributed by atoms with Gasteiger partial charge in [-0.15, -0.1) is 0 Å². The normalized spacial score (nSPS) is 22.1. The van der Waals surface area contributed by atoms with E-state index >= 15 is 0 Å². The van der Waals surface area contributed by atoms with E-state index in [4.69, 9.17) is 4.43 Å². The molecule has 1 aromatic carbocycles. The minimum Gasteiger partial charge on any atom is -0.420 e. The molecule has 1 saturated heterocycles. The van der Waals surface area contributed by atoms with Gasteiger partial charge in [-0.05, 0) is 30.5 Å². The third-order valence-corrected chi connectivity index (χ3v) is 5.56. The predicted molar refractivity (Wildman–Crippen MR) is 62.1 cm³/mol. The maximum Gasteiger partial charge on any atom is 0.177 e. The van der Waals surface area contributed by atoms with Gasteiger partial charge in [-0.1, -0.05) is 36.8 Å². The number of aryl methyl sites for hydroxylation is 1. The monoisotopic (exact) mass is 206 g/mol. The molecule has 0 radical (unpaired) electrons. The Hall–Kier alpha value is -0.603. The van der Waals surface area contributed by atoms with Gasteiger partial charge in [0, 0.05) is 6.61 Å². The average Bonchev–Trinajstić information content (AvgIpc) is 2.29. The van der Waals surface area contributed by atoms with Crippen LogP contribution in [0.15, 0.2) is 30.3 Å². The molecular weight excluding hydrogens is 188 g/mol. The Morgan fingerprint density at radius 3 is 2.71 bits per heavy atom. The van der Waals surface area contributed by atoms with Gasteiger partial charge in [-0.25, -0.2) is 0 Å². The second-order valence-electron chi connectivity index (χ2n) is 4.01. The second kappa shape index (κ2) is 5.32. The molecule has 1 aliphatic heterocycles. The highest BCUT2D eigenvalue weighted by Crippen LogP contribution is 2.16. The van der Waals surface area contributed by atoms with Crippen LogP contribution in [0, 0.1) is 0 Å². The lowest BCUT2D eigenvalue weighted by atomic mass is 10.2. The highest BCUT2D eigenvalue weighted by atomic mass is 28.3. The van der Waals surface area contributed by atoms with E-state index in [2.05, 4.69) is 30.3 Å². The van der Waals surface area contributed by atoms with E-state index in [1.54, 1.807) is 0 Å². The molecule has 0 aliphatic carbocycles. The Bertz CT molecular complexity index is 254. The average molecular weight is 206 g/mol. The Morgan fingerprint density at radius 1 is 1.14 bits per heavy atom. The van der Waals surface area contributed by atoms with Gasteiger partial charge in [-0.2, -0.15) is 0 Å². The maximum absolute atomic E-state index is 5.84. The van der Waals surface area contributed by atoms with Crippen LogP contribution in [0.1, 0.15) is 18.4 Å². The van der Waals surface area contributed by atoms with Gasteiger partial charge in [0.1, 0.15) is 0 Å². The maximum atomic E-state index is 5.84. The van der Waals surface area contributed by atoms with Crippen molar-refractivity contribution >= 4 is 9.04 Å². The highest BCUT2D eigenvalue weighted by Gasteiger charge is 2.15. The summed E-state index contributed by atoms with van der Waals surface area (Å²) in [5, 5.41) is 0. The summed E-state index contributed by atoms with van der Waals surface area (Å²) >= 11 is 0. The quantitative estimate of drug-likeness (QED) is 0.691. The van der Waals surface area contributed by atoms with Crippen LogP contribution in [-0.2, 0) is 10.8 Å². The summed E-state index contributed by atoms with van der Waals surface area (Å²) in [6.45, 7) is 1.03. The predicted octanol–water partition coefficient (Wildman–Crippen LogP) is 2.76. The zero-order valence-corrected chi connectivity index (χ0v) is 9.77. The third kappa shape index (κ3) is 2.96. The van der Waals surface area contributed by atoms with Crippen LogP contribution < -0.4 is 0 Å². The van der Waals surface area contributed by atoms with Gasteiger partial charge < -0.3 is 4.43 Å². The molecule has 1 nitrogen and oxygen atoms in total. The summed E-state index contributed by atoms with van der Waals surface area (Å²) in [6.07, 6.45) is 3.91. The molecule has 1 unspecified atom stereocenters. The molecule has 1 aromatic rings. The molecule has 14 heavy (non-hydrogen) atoms. The lowest BCUT2D eigenvalue weighted by Gasteiger charge is -2.20. The molecule has 0 spiro atoms. The van der Waals surface area contributed by atoms with Crippen molar-refractivity contribution in [1.82, 2.24) is 0 Å². The highest BCUT2D eigenvalue weighted by molar-refractivity contribution is 6.52. The SMILES string of the molecule is c1ccc(CC[SiH]2CCCCO2)cc1. The summed E-state index contributed by atoms with van der Waals surface area (Å²) in [7, 11) is -0.796. The molecule has 1 heterocycles. The van der Waals surface area contributed by atoms with E-state index in [0.29, 0.717) is 0 Å². The third-order valence-electron chi connectivity index (χ3n) is 2.87. The smallest absolute Gasteiger partial charge is 0.177 e. The summed E-state index contributed by atoms with van der Waals surface area (Å²) in [5.74, 6) is 0. The van der Waals surface area contributed by atoms with Crippen molar-refractivity contribution in [2.75, 3.05) is 6.61 Å². The fourth-order valence-electron chi connectivity index (χ4n) is 2.01. The molecule has 1 fully saturated rings. The Balaban J connectivity index is 1.76. The van der Waals surface area contributed by atoms with Gasteiger partial charge in [0.15, 0.2) is 9.04 Å². The van der Waals surface area contributed by atoms with Crippen molar-refractivity contribution in [3.8, 4) is 0 Å². The molecule has 0 saturated carbocycles. The van der Waals surface area contributed by atoms with Crippen molar-refractivity contribution in [3.63, 3.8) is 0 Å². The van der Waals surface area contributed by atoms with Crippen LogP contribution in [0.2, 0.25) is 12.1 Å². The Kier molecular flexibility index (Phi) is 3.77. The van der Waals surface area contributed by atoms with Gasteiger partial charge in [0.05, 0.1) is 0 Å². The molecule has 76 valence electrons. The van der Waals surface area contributed by atoms with Crippen LogP contribution in [0.4, 0.5) is 0 Å². The van der Waals surface area contributed by atoms with Crippen molar-refractivity contribution in [3.05, 3.63) is 35.9 Å². The fraction of sp³-hybridized carbons (Fsp3) is 0.500. The van der Waals surface area contributed by atoms with Gasteiger partial charge in [-0.3, -0.25) is 0 Å². The number of hydrogen-bond acceptors (Lipinski definition) is 1. The summed E-state index contributed by atoms with van der Waals surface area (Å²) in [6, 6.07) is 13.5. The molecule has 2 rings (SSSR count). The molecule has 0 amide bonds. The van der Waals surface area contributed by atoms with Crippen LogP contribution >= 0.6 is 0 Å². The first kappa shape index (κ1) is 9.93. The minimum atomic E-state index is -0.796. The summed E-state index contributed by atoms with van der Waals surface area (Å²) in [5.41, 5.74) is 1.47. The lowest BCUT2D eigenvalue weighted by molar-refractivity contribution is 0.286. The fourth-order valence-corrected chi connectivity index (χ4v) is 4.53. The summed E-state index contributed by atoms with van der Waals surface area (Å²) < 4.78 is 5.84. The zero-order chi connectivity index (χ0) is 9.64. The zero-order valence-electron chi connectivity index (χ0n) is 8.61. The number of benzene rings is 1. The Morgan fingerprint density at radius 2 is 2.00 bits per heavy atom. The van der Waals surface area contributed by atoms with Crippen LogP contribution in [0.3, 0.4) is 0 Å². The minimum absolute atomic E-state index is 0.796. The first-order chi connectivity index (χ1) is 6.95. The van der Waals surface area contributed by atoms with Crippen molar-refractivity contribution in [2.24, 2.45) is 0 Å². The molecule has 2 heteroatoms. The first-order valence-electron chi connectivity index (χ1n) is 5.61. The van der Waals surface area contributed by atoms with Crippen LogP contribution in [0.25, 0.3) is 0 Å². The van der Waals surface area contributed by atoms with Crippen LogP contribution in [0.5, 0.6) is 0 Å². The standard InChI is InChI=1S/C12H18OSi/c1-2-6-12(7-3-1)8-11-14-10-5-4-9-13-14/h1-3,6-7,14H,4-5,8-11H2. The van der Waals surface area contributed by atoms with Crippen molar-refractivity contribution in [2.45, 2.75) is 31.4 Å². The van der Waals surface area contributed by atoms with E-state index in [1.165, 1.54) is 36.9 Å². The van der Waals surface area contributed by atoms with E-state index in [1.807, 2.05) is 0 Å². The van der Waals surface area contributed by atoms with Crippen molar-refractivity contribution in [1.29, 1.82) is 0 Å². The molecule has 1 aliphatic rings. The van der Waals surface area contributed by atoms with Crippen LogP contribution in [-0.4, -0.2) is 15.6 Å².